The number of aryl methyl sites for hydroxylation is 1. The molecule has 0 fully saturated rings. The van der Waals surface area contributed by atoms with Crippen LogP contribution in [0.5, 0.6) is 11.5 Å². The van der Waals surface area contributed by atoms with Crippen molar-refractivity contribution in [3.05, 3.63) is 53.9 Å². The number of rotatable bonds is 7. The summed E-state index contributed by atoms with van der Waals surface area (Å²) in [5.41, 5.74) is 2.18. The fraction of sp³-hybridized carbons (Fsp3) is 0.312. The Kier molecular flexibility index (Phi) is 5.38. The van der Waals surface area contributed by atoms with E-state index in [9.17, 15) is 0 Å². The minimum absolute atomic E-state index is 0.501. The summed E-state index contributed by atoms with van der Waals surface area (Å²) in [6.07, 6.45) is 1.73. The third-order valence-electron chi connectivity index (χ3n) is 2.78. The third-order valence-corrected chi connectivity index (χ3v) is 2.78. The minimum Gasteiger partial charge on any atom is -0.490 e. The van der Waals surface area contributed by atoms with Crippen molar-refractivity contribution in [2.75, 3.05) is 20.3 Å². The van der Waals surface area contributed by atoms with Crippen molar-refractivity contribution in [1.29, 1.82) is 0 Å². The summed E-state index contributed by atoms with van der Waals surface area (Å²) >= 11 is 0. The largest absolute Gasteiger partial charge is 0.490 e. The molecule has 1 N–H and O–H groups in total. The average molecular weight is 272 g/mol. The van der Waals surface area contributed by atoms with Crippen molar-refractivity contribution in [3.63, 3.8) is 0 Å². The van der Waals surface area contributed by atoms with Crippen LogP contribution in [0.2, 0.25) is 0 Å². The summed E-state index contributed by atoms with van der Waals surface area (Å²) in [6.45, 7) is 3.80. The van der Waals surface area contributed by atoms with Gasteiger partial charge in [-0.2, -0.15) is 0 Å². The zero-order valence-corrected chi connectivity index (χ0v) is 11.9. The molecule has 0 bridgehead atoms. The van der Waals surface area contributed by atoms with Crippen molar-refractivity contribution in [3.8, 4) is 11.5 Å². The van der Waals surface area contributed by atoms with Crippen LogP contribution < -0.4 is 14.8 Å². The molecule has 0 saturated carbocycles. The first-order valence-corrected chi connectivity index (χ1v) is 6.70. The lowest BCUT2D eigenvalue weighted by atomic mass is 10.2. The SMILES string of the molecule is CNCc1cccc(OCCOc2ccc(C)nc2)c1. The van der Waals surface area contributed by atoms with E-state index in [1.807, 2.05) is 44.3 Å². The maximum absolute atomic E-state index is 5.67. The number of nitrogens with one attached hydrogen (secondary N) is 1. The molecule has 106 valence electrons. The van der Waals surface area contributed by atoms with Crippen LogP contribution in [0.4, 0.5) is 0 Å². The predicted octanol–water partition coefficient (Wildman–Crippen LogP) is 2.57. The number of hydrogen-bond donors (Lipinski definition) is 1. The Bertz CT molecular complexity index is 526. The Balaban J connectivity index is 1.75. The fourth-order valence-corrected chi connectivity index (χ4v) is 1.81. The molecule has 1 heterocycles. The van der Waals surface area contributed by atoms with Gasteiger partial charge in [0.2, 0.25) is 0 Å². The minimum atomic E-state index is 0.501. The number of ether oxygens (including phenoxy) is 2. The van der Waals surface area contributed by atoms with Crippen LogP contribution in [-0.4, -0.2) is 25.2 Å². The highest BCUT2D eigenvalue weighted by Crippen LogP contribution is 2.13. The van der Waals surface area contributed by atoms with Gasteiger partial charge in [0.05, 0.1) is 6.20 Å². The molecule has 0 saturated heterocycles. The molecule has 0 unspecified atom stereocenters. The van der Waals surface area contributed by atoms with Gasteiger partial charge in [-0.15, -0.1) is 0 Å². The quantitative estimate of drug-likeness (QED) is 0.787. The fourth-order valence-electron chi connectivity index (χ4n) is 1.81. The highest BCUT2D eigenvalue weighted by molar-refractivity contribution is 5.28. The monoisotopic (exact) mass is 272 g/mol. The van der Waals surface area contributed by atoms with Crippen molar-refractivity contribution in [2.24, 2.45) is 0 Å². The van der Waals surface area contributed by atoms with Crippen LogP contribution in [0.1, 0.15) is 11.3 Å². The van der Waals surface area contributed by atoms with Crippen molar-refractivity contribution in [2.45, 2.75) is 13.5 Å². The molecule has 4 nitrogen and oxygen atoms in total. The lowest BCUT2D eigenvalue weighted by molar-refractivity contribution is 0.216. The Hall–Kier alpha value is -2.07. The topological polar surface area (TPSA) is 43.4 Å². The summed E-state index contributed by atoms with van der Waals surface area (Å²) in [4.78, 5) is 4.18. The molecule has 0 amide bonds. The van der Waals surface area contributed by atoms with Gasteiger partial charge in [0.1, 0.15) is 24.7 Å². The second-order valence-corrected chi connectivity index (χ2v) is 4.51. The first-order chi connectivity index (χ1) is 9.78. The first kappa shape index (κ1) is 14.3. The van der Waals surface area contributed by atoms with Gasteiger partial charge in [-0.3, -0.25) is 4.98 Å². The number of benzene rings is 1. The van der Waals surface area contributed by atoms with E-state index in [1.54, 1.807) is 6.20 Å². The first-order valence-electron chi connectivity index (χ1n) is 6.70. The van der Waals surface area contributed by atoms with Crippen molar-refractivity contribution < 1.29 is 9.47 Å². The van der Waals surface area contributed by atoms with E-state index in [0.29, 0.717) is 13.2 Å². The molecule has 0 aliphatic carbocycles. The van der Waals surface area contributed by atoms with Gasteiger partial charge in [-0.1, -0.05) is 12.1 Å². The van der Waals surface area contributed by atoms with E-state index in [2.05, 4.69) is 16.4 Å². The van der Waals surface area contributed by atoms with Crippen LogP contribution in [0, 0.1) is 6.92 Å². The van der Waals surface area contributed by atoms with E-state index in [0.717, 1.165) is 23.7 Å². The van der Waals surface area contributed by atoms with E-state index >= 15 is 0 Å². The van der Waals surface area contributed by atoms with Crippen molar-refractivity contribution >= 4 is 0 Å². The predicted molar refractivity (Wildman–Crippen MR) is 79.2 cm³/mol. The second kappa shape index (κ2) is 7.50. The molecule has 0 radical (unpaired) electrons. The molecule has 0 aliphatic heterocycles. The molecule has 4 heteroatoms. The molecule has 2 aromatic rings. The molecule has 0 spiro atoms. The third kappa shape index (κ3) is 4.55. The summed E-state index contributed by atoms with van der Waals surface area (Å²) in [5, 5.41) is 3.12. The van der Waals surface area contributed by atoms with Gasteiger partial charge < -0.3 is 14.8 Å². The molecular weight excluding hydrogens is 252 g/mol. The Morgan fingerprint density at radius 2 is 1.85 bits per heavy atom. The lowest BCUT2D eigenvalue weighted by Gasteiger charge is -2.09. The lowest BCUT2D eigenvalue weighted by Crippen LogP contribution is -2.10. The number of pyridine rings is 1. The van der Waals surface area contributed by atoms with Crippen molar-refractivity contribution in [1.82, 2.24) is 10.3 Å². The van der Waals surface area contributed by atoms with Crippen LogP contribution in [0.3, 0.4) is 0 Å². The average Bonchev–Trinajstić information content (AvgIpc) is 2.46. The van der Waals surface area contributed by atoms with Gasteiger partial charge in [0, 0.05) is 12.2 Å². The maximum Gasteiger partial charge on any atom is 0.137 e. The molecule has 0 aliphatic rings. The van der Waals surface area contributed by atoms with E-state index in [4.69, 9.17) is 9.47 Å². The van der Waals surface area contributed by atoms with Crippen LogP contribution in [0.25, 0.3) is 0 Å². The van der Waals surface area contributed by atoms with Gasteiger partial charge in [-0.25, -0.2) is 0 Å². The van der Waals surface area contributed by atoms with Gasteiger partial charge in [-0.05, 0) is 43.8 Å². The van der Waals surface area contributed by atoms with Crippen LogP contribution in [0.15, 0.2) is 42.6 Å². The van der Waals surface area contributed by atoms with E-state index in [-0.39, 0.29) is 0 Å². The highest BCUT2D eigenvalue weighted by Gasteiger charge is 1.98. The molecule has 0 atom stereocenters. The standard InChI is InChI=1S/C16H20N2O2/c1-13-6-7-16(12-18-13)20-9-8-19-15-5-3-4-14(10-15)11-17-2/h3-7,10,12,17H,8-9,11H2,1-2H3. The Labute approximate surface area is 119 Å². The molecular formula is C16H20N2O2. The molecule has 2 rings (SSSR count). The maximum atomic E-state index is 5.67. The number of nitrogens with zero attached hydrogens (tertiary/aromatic N) is 1. The summed E-state index contributed by atoms with van der Waals surface area (Å²) in [7, 11) is 1.93. The number of aromatic nitrogens is 1. The summed E-state index contributed by atoms with van der Waals surface area (Å²) in [5.74, 6) is 1.63. The van der Waals surface area contributed by atoms with E-state index in [1.165, 1.54) is 5.56 Å². The Morgan fingerprint density at radius 1 is 1.05 bits per heavy atom. The Morgan fingerprint density at radius 3 is 2.55 bits per heavy atom. The molecule has 1 aromatic heterocycles. The summed E-state index contributed by atoms with van der Waals surface area (Å²) < 4.78 is 11.2. The zero-order valence-electron chi connectivity index (χ0n) is 11.9. The highest BCUT2D eigenvalue weighted by atomic mass is 16.5. The smallest absolute Gasteiger partial charge is 0.137 e. The van der Waals surface area contributed by atoms with E-state index < -0.39 is 0 Å². The van der Waals surface area contributed by atoms with Crippen LogP contribution in [-0.2, 0) is 6.54 Å². The van der Waals surface area contributed by atoms with Gasteiger partial charge in [0.15, 0.2) is 0 Å². The normalized spacial score (nSPS) is 10.3. The van der Waals surface area contributed by atoms with Gasteiger partial charge in [0.25, 0.3) is 0 Å². The second-order valence-electron chi connectivity index (χ2n) is 4.51. The molecule has 20 heavy (non-hydrogen) atoms. The zero-order chi connectivity index (χ0) is 14.2. The van der Waals surface area contributed by atoms with Gasteiger partial charge >= 0.3 is 0 Å². The van der Waals surface area contributed by atoms with Crippen LogP contribution >= 0.6 is 0 Å². The number of hydrogen-bond acceptors (Lipinski definition) is 4. The summed E-state index contributed by atoms with van der Waals surface area (Å²) in [6, 6.07) is 11.9. The molecule has 1 aromatic carbocycles.